The van der Waals surface area contributed by atoms with Crippen LogP contribution in [0.5, 0.6) is 0 Å². The standard InChI is InChI=1S/C17H29N3O2S/c1-23-17(9-10-17)15(21)20-11-7-14(8-12-20)19-16(22)18-13-5-3-2-4-6-13/h13-14H,2-12H2,1H3,(H2,18,19,22). The molecule has 5 nitrogen and oxygen atoms in total. The van der Waals surface area contributed by atoms with Crippen LogP contribution in [0.2, 0.25) is 0 Å². The Labute approximate surface area is 143 Å². The van der Waals surface area contributed by atoms with Crippen molar-refractivity contribution < 1.29 is 9.59 Å². The molecule has 1 heterocycles. The molecule has 3 rings (SSSR count). The van der Waals surface area contributed by atoms with Crippen LogP contribution in [0.1, 0.15) is 57.8 Å². The smallest absolute Gasteiger partial charge is 0.315 e. The predicted octanol–water partition coefficient (Wildman–Crippen LogP) is 2.50. The Morgan fingerprint density at radius 2 is 1.52 bits per heavy atom. The average Bonchev–Trinajstić information content (AvgIpc) is 3.37. The topological polar surface area (TPSA) is 61.4 Å². The molecule has 130 valence electrons. The molecule has 0 unspecified atom stereocenters. The second-order valence-corrected chi connectivity index (χ2v) is 8.41. The highest BCUT2D eigenvalue weighted by Crippen LogP contribution is 2.48. The number of carbonyl (C=O) groups is 2. The molecule has 3 aliphatic rings. The quantitative estimate of drug-likeness (QED) is 0.827. The van der Waals surface area contributed by atoms with E-state index in [2.05, 4.69) is 10.6 Å². The van der Waals surface area contributed by atoms with Crippen LogP contribution in [-0.4, -0.2) is 53.0 Å². The number of thioether (sulfide) groups is 1. The lowest BCUT2D eigenvalue weighted by Gasteiger charge is -2.34. The highest BCUT2D eigenvalue weighted by molar-refractivity contribution is 8.01. The number of rotatable bonds is 4. The van der Waals surface area contributed by atoms with Gasteiger partial charge in [0.25, 0.3) is 0 Å². The zero-order valence-electron chi connectivity index (χ0n) is 14.1. The Hall–Kier alpha value is -0.910. The molecular formula is C17H29N3O2S. The molecule has 0 spiro atoms. The maximum Gasteiger partial charge on any atom is 0.315 e. The van der Waals surface area contributed by atoms with Crippen molar-refractivity contribution in [2.75, 3.05) is 19.3 Å². The molecule has 0 aromatic rings. The maximum absolute atomic E-state index is 12.5. The molecule has 0 aromatic carbocycles. The van der Waals surface area contributed by atoms with Gasteiger partial charge in [0.1, 0.15) is 0 Å². The number of amides is 3. The molecule has 2 aliphatic carbocycles. The summed E-state index contributed by atoms with van der Waals surface area (Å²) in [4.78, 5) is 26.6. The third-order valence-corrected chi connectivity index (χ3v) is 6.91. The highest BCUT2D eigenvalue weighted by atomic mass is 32.2. The van der Waals surface area contributed by atoms with Gasteiger partial charge in [-0.15, -0.1) is 11.8 Å². The first-order valence-corrected chi connectivity index (χ1v) is 10.3. The van der Waals surface area contributed by atoms with Gasteiger partial charge in [-0.2, -0.15) is 0 Å². The summed E-state index contributed by atoms with van der Waals surface area (Å²) in [5, 5.41) is 6.21. The van der Waals surface area contributed by atoms with Gasteiger partial charge in [-0.3, -0.25) is 4.79 Å². The fourth-order valence-corrected chi connectivity index (χ4v) is 4.61. The monoisotopic (exact) mass is 339 g/mol. The number of nitrogens with zero attached hydrogens (tertiary/aromatic N) is 1. The molecule has 23 heavy (non-hydrogen) atoms. The average molecular weight is 340 g/mol. The molecule has 6 heteroatoms. The second kappa shape index (κ2) is 7.32. The first-order valence-electron chi connectivity index (χ1n) is 9.04. The summed E-state index contributed by atoms with van der Waals surface area (Å²) >= 11 is 1.70. The van der Waals surface area contributed by atoms with E-state index >= 15 is 0 Å². The predicted molar refractivity (Wildman–Crippen MR) is 93.6 cm³/mol. The van der Waals surface area contributed by atoms with Crippen molar-refractivity contribution in [1.82, 2.24) is 15.5 Å². The number of urea groups is 1. The number of piperidine rings is 1. The molecule has 3 fully saturated rings. The van der Waals surface area contributed by atoms with Crippen LogP contribution in [0.4, 0.5) is 4.79 Å². The van der Waals surface area contributed by atoms with Gasteiger partial charge < -0.3 is 15.5 Å². The molecule has 0 aromatic heterocycles. The SMILES string of the molecule is CSC1(C(=O)N2CCC(NC(=O)NC3CCCCC3)CC2)CC1. The van der Waals surface area contributed by atoms with E-state index < -0.39 is 0 Å². The normalized spacial score (nSPS) is 25.0. The van der Waals surface area contributed by atoms with E-state index in [0.29, 0.717) is 11.9 Å². The highest BCUT2D eigenvalue weighted by Gasteiger charge is 2.51. The number of hydrogen-bond acceptors (Lipinski definition) is 3. The van der Waals surface area contributed by atoms with Crippen LogP contribution in [0.25, 0.3) is 0 Å². The lowest BCUT2D eigenvalue weighted by atomic mass is 9.96. The summed E-state index contributed by atoms with van der Waals surface area (Å²) in [6, 6.07) is 0.526. The first-order chi connectivity index (χ1) is 11.1. The Morgan fingerprint density at radius 1 is 0.957 bits per heavy atom. The third kappa shape index (κ3) is 4.14. The third-order valence-electron chi connectivity index (χ3n) is 5.54. The molecule has 0 bridgehead atoms. The van der Waals surface area contributed by atoms with Crippen LogP contribution in [0, 0.1) is 0 Å². The lowest BCUT2D eigenvalue weighted by molar-refractivity contribution is -0.132. The largest absolute Gasteiger partial charge is 0.341 e. The molecule has 2 N–H and O–H groups in total. The zero-order chi connectivity index (χ0) is 16.3. The second-order valence-electron chi connectivity index (χ2n) is 7.22. The van der Waals surface area contributed by atoms with Gasteiger partial charge in [-0.25, -0.2) is 4.79 Å². The van der Waals surface area contributed by atoms with Gasteiger partial charge in [-0.1, -0.05) is 19.3 Å². The van der Waals surface area contributed by atoms with Crippen LogP contribution in [-0.2, 0) is 4.79 Å². The number of likely N-dealkylation sites (tertiary alicyclic amines) is 1. The molecule has 0 atom stereocenters. The Kier molecular flexibility index (Phi) is 5.39. The van der Waals surface area contributed by atoms with E-state index in [0.717, 1.165) is 51.6 Å². The minimum atomic E-state index is -0.112. The van der Waals surface area contributed by atoms with Crippen LogP contribution in [0.15, 0.2) is 0 Å². The van der Waals surface area contributed by atoms with E-state index in [4.69, 9.17) is 0 Å². The van der Waals surface area contributed by atoms with Crippen LogP contribution < -0.4 is 10.6 Å². The van der Waals surface area contributed by atoms with E-state index in [1.807, 2.05) is 11.2 Å². The van der Waals surface area contributed by atoms with E-state index in [-0.39, 0.29) is 16.8 Å². The Balaban J connectivity index is 1.39. The van der Waals surface area contributed by atoms with E-state index in [9.17, 15) is 9.59 Å². The van der Waals surface area contributed by atoms with Crippen molar-refractivity contribution in [2.45, 2.75) is 74.6 Å². The molecular weight excluding hydrogens is 310 g/mol. The molecule has 1 saturated heterocycles. The minimum absolute atomic E-state index is 0.0237. The molecule has 1 aliphatic heterocycles. The molecule has 2 saturated carbocycles. The van der Waals surface area contributed by atoms with Crippen molar-refractivity contribution in [3.8, 4) is 0 Å². The van der Waals surface area contributed by atoms with Gasteiger partial charge >= 0.3 is 6.03 Å². The summed E-state index contributed by atoms with van der Waals surface area (Å²) in [6.45, 7) is 1.55. The van der Waals surface area contributed by atoms with Gasteiger partial charge in [0.15, 0.2) is 0 Å². The zero-order valence-corrected chi connectivity index (χ0v) is 14.9. The lowest BCUT2D eigenvalue weighted by Crippen LogP contribution is -2.52. The van der Waals surface area contributed by atoms with Crippen molar-refractivity contribution in [3.05, 3.63) is 0 Å². The van der Waals surface area contributed by atoms with Crippen molar-refractivity contribution >= 4 is 23.7 Å². The fourth-order valence-electron chi connectivity index (χ4n) is 3.79. The van der Waals surface area contributed by atoms with Crippen LogP contribution >= 0.6 is 11.8 Å². The van der Waals surface area contributed by atoms with Crippen molar-refractivity contribution in [3.63, 3.8) is 0 Å². The van der Waals surface area contributed by atoms with Crippen molar-refractivity contribution in [1.29, 1.82) is 0 Å². The van der Waals surface area contributed by atoms with E-state index in [1.165, 1.54) is 19.3 Å². The summed E-state index contributed by atoms with van der Waals surface area (Å²) in [5.41, 5.74) is 0. The van der Waals surface area contributed by atoms with Gasteiger partial charge in [-0.05, 0) is 44.8 Å². The summed E-state index contributed by atoms with van der Waals surface area (Å²) < 4.78 is -0.112. The van der Waals surface area contributed by atoms with Gasteiger partial charge in [0.2, 0.25) is 5.91 Å². The Morgan fingerprint density at radius 3 is 2.04 bits per heavy atom. The molecule has 3 amide bonds. The minimum Gasteiger partial charge on any atom is -0.341 e. The number of nitrogens with one attached hydrogen (secondary N) is 2. The maximum atomic E-state index is 12.5. The van der Waals surface area contributed by atoms with E-state index in [1.54, 1.807) is 11.8 Å². The summed E-state index contributed by atoms with van der Waals surface area (Å²) in [7, 11) is 0. The molecule has 0 radical (unpaired) electrons. The fraction of sp³-hybridized carbons (Fsp3) is 0.882. The van der Waals surface area contributed by atoms with Crippen molar-refractivity contribution in [2.24, 2.45) is 0 Å². The summed E-state index contributed by atoms with van der Waals surface area (Å²) in [6.07, 6.45) is 11.8. The van der Waals surface area contributed by atoms with Crippen LogP contribution in [0.3, 0.4) is 0 Å². The first kappa shape index (κ1) is 16.9. The number of carbonyl (C=O) groups excluding carboxylic acids is 2. The Bertz CT molecular complexity index is 439. The number of hydrogen-bond donors (Lipinski definition) is 2. The van der Waals surface area contributed by atoms with Gasteiger partial charge in [0.05, 0.1) is 4.75 Å². The summed E-state index contributed by atoms with van der Waals surface area (Å²) in [5.74, 6) is 0.315. The van der Waals surface area contributed by atoms with Gasteiger partial charge in [0, 0.05) is 25.2 Å².